The molecule has 0 aliphatic heterocycles. The first-order valence-corrected chi connectivity index (χ1v) is 7.64. The molecule has 0 saturated heterocycles. The Morgan fingerprint density at radius 3 is 2.35 bits per heavy atom. The smallest absolute Gasteiger partial charge is 0.342 e. The summed E-state index contributed by atoms with van der Waals surface area (Å²) in [7, 11) is 3.77. The lowest BCUT2D eigenvalue weighted by Gasteiger charge is -2.27. The average Bonchev–Trinajstić information content (AvgIpc) is 2.55. The van der Waals surface area contributed by atoms with E-state index >= 15 is 0 Å². The van der Waals surface area contributed by atoms with Gasteiger partial charge >= 0.3 is 5.97 Å². The quantitative estimate of drug-likeness (QED) is 0.861. The van der Waals surface area contributed by atoms with Crippen LogP contribution in [0.25, 0.3) is 11.1 Å². The summed E-state index contributed by atoms with van der Waals surface area (Å²) in [6.07, 6.45) is 0. The van der Waals surface area contributed by atoms with Gasteiger partial charge in [-0.05, 0) is 31.0 Å². The highest BCUT2D eigenvalue weighted by atomic mass is 16.5. The van der Waals surface area contributed by atoms with E-state index in [9.17, 15) is 9.90 Å². The lowest BCUT2D eigenvalue weighted by molar-refractivity contribution is -0.164. The largest absolute Gasteiger partial charge is 0.464 e. The van der Waals surface area contributed by atoms with Crippen molar-refractivity contribution in [2.75, 3.05) is 25.6 Å². The van der Waals surface area contributed by atoms with Gasteiger partial charge in [-0.1, -0.05) is 42.5 Å². The van der Waals surface area contributed by atoms with Crippen LogP contribution in [0.5, 0.6) is 0 Å². The maximum atomic E-state index is 12.1. The van der Waals surface area contributed by atoms with E-state index in [0.717, 1.165) is 16.8 Å². The van der Waals surface area contributed by atoms with Crippen molar-refractivity contribution in [2.45, 2.75) is 19.4 Å². The Bertz CT molecular complexity index is 678. The summed E-state index contributed by atoms with van der Waals surface area (Å²) in [6, 6.07) is 15.6. The molecule has 2 aromatic rings. The summed E-state index contributed by atoms with van der Waals surface area (Å²) < 4.78 is 5.00. The second-order valence-electron chi connectivity index (χ2n) is 5.79. The minimum atomic E-state index is -1.69. The lowest BCUT2D eigenvalue weighted by atomic mass is 9.91. The molecule has 0 aliphatic rings. The van der Waals surface area contributed by atoms with Crippen LogP contribution in [-0.2, 0) is 15.1 Å². The second-order valence-corrected chi connectivity index (χ2v) is 5.79. The molecule has 0 spiro atoms. The van der Waals surface area contributed by atoms with Crippen LogP contribution < -0.4 is 4.90 Å². The molecule has 23 heavy (non-hydrogen) atoms. The van der Waals surface area contributed by atoms with Gasteiger partial charge in [0.2, 0.25) is 0 Å². The topological polar surface area (TPSA) is 49.8 Å². The monoisotopic (exact) mass is 313 g/mol. The third-order valence-corrected chi connectivity index (χ3v) is 3.78. The maximum absolute atomic E-state index is 12.1. The molecule has 0 heterocycles. The Morgan fingerprint density at radius 2 is 1.78 bits per heavy atom. The molecule has 0 aliphatic carbocycles. The first-order chi connectivity index (χ1) is 10.9. The Morgan fingerprint density at radius 1 is 1.13 bits per heavy atom. The summed E-state index contributed by atoms with van der Waals surface area (Å²) in [4.78, 5) is 14.0. The molecule has 2 aromatic carbocycles. The van der Waals surface area contributed by atoms with Gasteiger partial charge in [0.1, 0.15) is 0 Å². The van der Waals surface area contributed by atoms with Crippen LogP contribution in [0.1, 0.15) is 19.4 Å². The first-order valence-electron chi connectivity index (χ1n) is 7.64. The van der Waals surface area contributed by atoms with E-state index in [2.05, 4.69) is 0 Å². The molecule has 0 bridgehead atoms. The number of esters is 1. The van der Waals surface area contributed by atoms with Crippen molar-refractivity contribution < 1.29 is 14.6 Å². The molecular formula is C19H23NO3. The van der Waals surface area contributed by atoms with Crippen molar-refractivity contribution >= 4 is 11.7 Å². The van der Waals surface area contributed by atoms with Crippen molar-refractivity contribution in [1.29, 1.82) is 0 Å². The minimum Gasteiger partial charge on any atom is -0.464 e. The van der Waals surface area contributed by atoms with Gasteiger partial charge in [-0.3, -0.25) is 0 Å². The van der Waals surface area contributed by atoms with E-state index in [1.807, 2.05) is 61.5 Å². The molecule has 122 valence electrons. The van der Waals surface area contributed by atoms with Gasteiger partial charge in [0.15, 0.2) is 5.60 Å². The SMILES string of the molecule is CCOC(=O)C(C)(O)c1ccc(-c2ccccc2)cc1N(C)C. The van der Waals surface area contributed by atoms with Gasteiger partial charge in [0.05, 0.1) is 6.61 Å². The third-order valence-electron chi connectivity index (χ3n) is 3.78. The molecular weight excluding hydrogens is 290 g/mol. The molecule has 0 radical (unpaired) electrons. The molecule has 0 aromatic heterocycles. The van der Waals surface area contributed by atoms with Gasteiger partial charge < -0.3 is 14.7 Å². The number of carbonyl (C=O) groups is 1. The van der Waals surface area contributed by atoms with Gasteiger partial charge in [0, 0.05) is 25.3 Å². The van der Waals surface area contributed by atoms with Crippen LogP contribution in [0.15, 0.2) is 48.5 Å². The number of nitrogens with zero attached hydrogens (tertiary/aromatic N) is 1. The van der Waals surface area contributed by atoms with E-state index < -0.39 is 11.6 Å². The summed E-state index contributed by atoms with van der Waals surface area (Å²) in [5.41, 5.74) is 1.73. The standard InChI is InChI=1S/C19H23NO3/c1-5-23-18(21)19(2,22)16-12-11-15(13-17(16)20(3)4)14-9-7-6-8-10-14/h6-13,22H,5H2,1-4H3. The highest BCUT2D eigenvalue weighted by Gasteiger charge is 2.36. The van der Waals surface area contributed by atoms with E-state index in [4.69, 9.17) is 4.74 Å². The number of hydrogen-bond acceptors (Lipinski definition) is 4. The lowest BCUT2D eigenvalue weighted by Crippen LogP contribution is -2.35. The van der Waals surface area contributed by atoms with Crippen LogP contribution in [0.4, 0.5) is 5.69 Å². The fourth-order valence-corrected chi connectivity index (χ4v) is 2.51. The summed E-state index contributed by atoms with van der Waals surface area (Å²) in [5.74, 6) is -0.643. The molecule has 4 heteroatoms. The molecule has 0 amide bonds. The number of carbonyl (C=O) groups excluding carboxylic acids is 1. The molecule has 0 saturated carbocycles. The van der Waals surface area contributed by atoms with Crippen LogP contribution in [-0.4, -0.2) is 31.8 Å². The van der Waals surface area contributed by atoms with Crippen molar-refractivity contribution in [3.8, 4) is 11.1 Å². The molecule has 0 fully saturated rings. The molecule has 1 atom stereocenters. The summed E-state index contributed by atoms with van der Waals surface area (Å²) >= 11 is 0. The molecule has 2 rings (SSSR count). The Labute approximate surface area is 137 Å². The van der Waals surface area contributed by atoms with Crippen molar-refractivity contribution in [3.05, 3.63) is 54.1 Å². The molecule has 4 nitrogen and oxygen atoms in total. The van der Waals surface area contributed by atoms with E-state index in [0.29, 0.717) is 5.56 Å². The fraction of sp³-hybridized carbons (Fsp3) is 0.316. The van der Waals surface area contributed by atoms with Crippen LogP contribution >= 0.6 is 0 Å². The molecule has 1 unspecified atom stereocenters. The van der Waals surface area contributed by atoms with Crippen molar-refractivity contribution in [1.82, 2.24) is 0 Å². The third kappa shape index (κ3) is 3.54. The predicted octanol–water partition coefficient (Wildman–Crippen LogP) is 3.19. The van der Waals surface area contributed by atoms with Crippen LogP contribution in [0.3, 0.4) is 0 Å². The Hall–Kier alpha value is -2.33. The van der Waals surface area contributed by atoms with E-state index in [1.54, 1.807) is 13.0 Å². The highest BCUT2D eigenvalue weighted by Crippen LogP contribution is 2.34. The molecule has 1 N–H and O–H groups in total. The van der Waals surface area contributed by atoms with Gasteiger partial charge in [-0.2, -0.15) is 0 Å². The number of rotatable bonds is 5. The Balaban J connectivity index is 2.51. The first kappa shape index (κ1) is 17.0. The number of hydrogen-bond donors (Lipinski definition) is 1. The number of benzene rings is 2. The second kappa shape index (κ2) is 6.84. The van der Waals surface area contributed by atoms with Gasteiger partial charge in [-0.25, -0.2) is 4.79 Å². The number of ether oxygens (including phenoxy) is 1. The van der Waals surface area contributed by atoms with E-state index in [-0.39, 0.29) is 6.61 Å². The Kier molecular flexibility index (Phi) is 5.06. The minimum absolute atomic E-state index is 0.231. The summed E-state index contributed by atoms with van der Waals surface area (Å²) in [5, 5.41) is 10.7. The van der Waals surface area contributed by atoms with Crippen LogP contribution in [0.2, 0.25) is 0 Å². The predicted molar refractivity (Wildman–Crippen MR) is 92.4 cm³/mol. The van der Waals surface area contributed by atoms with Crippen LogP contribution in [0, 0.1) is 0 Å². The van der Waals surface area contributed by atoms with Gasteiger partial charge in [0.25, 0.3) is 0 Å². The van der Waals surface area contributed by atoms with E-state index in [1.165, 1.54) is 6.92 Å². The zero-order valence-corrected chi connectivity index (χ0v) is 14.0. The zero-order chi connectivity index (χ0) is 17.0. The number of anilines is 1. The highest BCUT2D eigenvalue weighted by molar-refractivity contribution is 5.84. The van der Waals surface area contributed by atoms with Crippen molar-refractivity contribution in [3.63, 3.8) is 0 Å². The fourth-order valence-electron chi connectivity index (χ4n) is 2.51. The average molecular weight is 313 g/mol. The zero-order valence-electron chi connectivity index (χ0n) is 14.0. The summed E-state index contributed by atoms with van der Waals surface area (Å²) in [6.45, 7) is 3.42. The normalized spacial score (nSPS) is 13.3. The van der Waals surface area contributed by atoms with Crippen molar-refractivity contribution in [2.24, 2.45) is 0 Å². The van der Waals surface area contributed by atoms with Gasteiger partial charge in [-0.15, -0.1) is 0 Å². The maximum Gasteiger partial charge on any atom is 0.342 e. The number of aliphatic hydroxyl groups is 1.